The zero-order chi connectivity index (χ0) is 21.1. The topological polar surface area (TPSA) is 90.3 Å². The highest BCUT2D eigenvalue weighted by molar-refractivity contribution is 6.33. The number of aryl methyl sites for hydroxylation is 2. The second-order valence-corrected chi connectivity index (χ2v) is 7.66. The van der Waals surface area contributed by atoms with Crippen LogP contribution in [0.1, 0.15) is 23.4 Å². The minimum atomic E-state index is 0.387. The SMILES string of the molecule is Cc1noc(C)c1-c1nc(-c2cc(OCCCN(C)C)ccc2Cl)nc(N)c1C. The van der Waals surface area contributed by atoms with Crippen molar-refractivity contribution in [1.82, 2.24) is 20.0 Å². The first-order valence-electron chi connectivity index (χ1n) is 9.42. The second kappa shape index (κ2) is 8.80. The summed E-state index contributed by atoms with van der Waals surface area (Å²) < 4.78 is 11.2. The van der Waals surface area contributed by atoms with Gasteiger partial charge in [-0.15, -0.1) is 0 Å². The molecule has 0 aliphatic carbocycles. The van der Waals surface area contributed by atoms with Gasteiger partial charge in [0.05, 0.1) is 28.6 Å². The van der Waals surface area contributed by atoms with Crippen LogP contribution in [0.2, 0.25) is 5.02 Å². The predicted molar refractivity (Wildman–Crippen MR) is 115 cm³/mol. The molecule has 0 radical (unpaired) electrons. The average Bonchev–Trinajstić information content (AvgIpc) is 3.00. The summed E-state index contributed by atoms with van der Waals surface area (Å²) >= 11 is 6.45. The van der Waals surface area contributed by atoms with E-state index in [1.165, 1.54) is 0 Å². The lowest BCUT2D eigenvalue weighted by Gasteiger charge is -2.13. The van der Waals surface area contributed by atoms with Gasteiger partial charge in [-0.2, -0.15) is 0 Å². The molecule has 0 unspecified atom stereocenters. The van der Waals surface area contributed by atoms with Gasteiger partial charge >= 0.3 is 0 Å². The van der Waals surface area contributed by atoms with Crippen LogP contribution in [-0.2, 0) is 0 Å². The number of nitrogens with two attached hydrogens (primary N) is 1. The highest BCUT2D eigenvalue weighted by atomic mass is 35.5. The van der Waals surface area contributed by atoms with Crippen molar-refractivity contribution in [2.24, 2.45) is 0 Å². The van der Waals surface area contributed by atoms with E-state index in [0.717, 1.165) is 29.8 Å². The van der Waals surface area contributed by atoms with Crippen molar-refractivity contribution in [3.8, 4) is 28.4 Å². The fourth-order valence-corrected chi connectivity index (χ4v) is 3.26. The minimum absolute atomic E-state index is 0.387. The van der Waals surface area contributed by atoms with E-state index in [0.29, 0.717) is 46.0 Å². The van der Waals surface area contributed by atoms with Gasteiger partial charge in [0.25, 0.3) is 0 Å². The summed E-state index contributed by atoms with van der Waals surface area (Å²) in [5.74, 6) is 2.22. The Bertz CT molecular complexity index is 997. The first-order chi connectivity index (χ1) is 13.8. The van der Waals surface area contributed by atoms with Crippen LogP contribution in [0.3, 0.4) is 0 Å². The molecule has 0 saturated heterocycles. The van der Waals surface area contributed by atoms with E-state index in [1.54, 1.807) is 6.07 Å². The smallest absolute Gasteiger partial charge is 0.163 e. The van der Waals surface area contributed by atoms with Crippen molar-refractivity contribution in [1.29, 1.82) is 0 Å². The summed E-state index contributed by atoms with van der Waals surface area (Å²) in [6, 6.07) is 5.47. The van der Waals surface area contributed by atoms with Crippen molar-refractivity contribution in [3.63, 3.8) is 0 Å². The van der Waals surface area contributed by atoms with Gasteiger partial charge in [-0.1, -0.05) is 16.8 Å². The van der Waals surface area contributed by atoms with Gasteiger partial charge in [-0.3, -0.25) is 0 Å². The van der Waals surface area contributed by atoms with E-state index in [1.807, 2.05) is 47.0 Å². The third kappa shape index (κ3) is 4.68. The Labute approximate surface area is 175 Å². The summed E-state index contributed by atoms with van der Waals surface area (Å²) in [5, 5.41) is 4.55. The number of nitrogens with zero attached hydrogens (tertiary/aromatic N) is 4. The first-order valence-corrected chi connectivity index (χ1v) is 9.80. The number of halogens is 1. The highest BCUT2D eigenvalue weighted by Crippen LogP contribution is 2.35. The Kier molecular flexibility index (Phi) is 6.39. The molecule has 0 saturated carbocycles. The molecule has 2 aromatic heterocycles. The van der Waals surface area contributed by atoms with Gasteiger partial charge in [0.15, 0.2) is 5.82 Å². The van der Waals surface area contributed by atoms with E-state index >= 15 is 0 Å². The van der Waals surface area contributed by atoms with E-state index in [9.17, 15) is 0 Å². The Morgan fingerprint density at radius 3 is 2.59 bits per heavy atom. The van der Waals surface area contributed by atoms with Crippen molar-refractivity contribution in [2.75, 3.05) is 33.0 Å². The molecule has 1 aromatic carbocycles. The highest BCUT2D eigenvalue weighted by Gasteiger charge is 2.20. The number of ether oxygens (including phenoxy) is 1. The van der Waals surface area contributed by atoms with Crippen LogP contribution in [0.25, 0.3) is 22.6 Å². The number of nitrogen functional groups attached to an aromatic ring is 1. The maximum Gasteiger partial charge on any atom is 0.163 e. The molecule has 0 fully saturated rings. The molecule has 8 heteroatoms. The predicted octanol–water partition coefficient (Wildman–Crippen LogP) is 4.29. The molecule has 0 amide bonds. The molecule has 154 valence electrons. The van der Waals surface area contributed by atoms with E-state index in [2.05, 4.69) is 15.0 Å². The number of rotatable bonds is 7. The zero-order valence-corrected chi connectivity index (χ0v) is 18.2. The lowest BCUT2D eigenvalue weighted by molar-refractivity contribution is 0.281. The van der Waals surface area contributed by atoms with Gasteiger partial charge < -0.3 is 19.9 Å². The standard InChI is InChI=1S/C21H26ClN5O2/c1-12-19(18-13(2)26-29-14(18)3)24-21(25-20(12)23)16-11-15(7-8-17(16)22)28-10-6-9-27(4)5/h7-8,11H,6,9-10H2,1-5H3,(H2,23,24,25). The van der Waals surface area contributed by atoms with Crippen LogP contribution < -0.4 is 10.5 Å². The van der Waals surface area contributed by atoms with Gasteiger partial charge in [0, 0.05) is 17.7 Å². The third-order valence-electron chi connectivity index (χ3n) is 4.65. The number of hydrogen-bond donors (Lipinski definition) is 1. The lowest BCUT2D eigenvalue weighted by Crippen LogP contribution is -2.15. The van der Waals surface area contributed by atoms with Crippen LogP contribution in [0.5, 0.6) is 5.75 Å². The van der Waals surface area contributed by atoms with E-state index in [4.69, 9.17) is 31.6 Å². The third-order valence-corrected chi connectivity index (χ3v) is 4.98. The van der Waals surface area contributed by atoms with Crippen LogP contribution in [0, 0.1) is 20.8 Å². The van der Waals surface area contributed by atoms with Gasteiger partial charge in [0.1, 0.15) is 17.3 Å². The molecular formula is C21H26ClN5O2. The zero-order valence-electron chi connectivity index (χ0n) is 17.4. The molecule has 0 aliphatic rings. The summed E-state index contributed by atoms with van der Waals surface area (Å²) in [5.41, 5.74) is 9.90. The van der Waals surface area contributed by atoms with Gasteiger partial charge in [-0.25, -0.2) is 9.97 Å². The molecule has 0 bridgehead atoms. The second-order valence-electron chi connectivity index (χ2n) is 7.25. The van der Waals surface area contributed by atoms with E-state index in [-0.39, 0.29) is 0 Å². The largest absolute Gasteiger partial charge is 0.494 e. The molecule has 3 aromatic rings. The van der Waals surface area contributed by atoms with Crippen LogP contribution in [0.15, 0.2) is 22.7 Å². The number of anilines is 1. The lowest BCUT2D eigenvalue weighted by atomic mass is 10.1. The fourth-order valence-electron chi connectivity index (χ4n) is 3.06. The number of aromatic nitrogens is 3. The Morgan fingerprint density at radius 1 is 1.17 bits per heavy atom. The van der Waals surface area contributed by atoms with Crippen LogP contribution in [0.4, 0.5) is 5.82 Å². The molecule has 0 aliphatic heterocycles. The van der Waals surface area contributed by atoms with Gasteiger partial charge in [-0.05, 0) is 59.5 Å². The Morgan fingerprint density at radius 2 is 1.93 bits per heavy atom. The maximum atomic E-state index is 6.45. The fraction of sp³-hybridized carbons (Fsp3) is 0.381. The molecule has 2 heterocycles. The van der Waals surface area contributed by atoms with Crippen molar-refractivity contribution in [2.45, 2.75) is 27.2 Å². The monoisotopic (exact) mass is 415 g/mol. The molecule has 0 atom stereocenters. The number of benzene rings is 1. The van der Waals surface area contributed by atoms with Crippen LogP contribution in [-0.4, -0.2) is 47.3 Å². The molecule has 0 spiro atoms. The van der Waals surface area contributed by atoms with Gasteiger partial charge in [0.2, 0.25) is 0 Å². The molecular weight excluding hydrogens is 390 g/mol. The number of hydrogen-bond acceptors (Lipinski definition) is 7. The summed E-state index contributed by atoms with van der Waals surface area (Å²) in [4.78, 5) is 11.3. The minimum Gasteiger partial charge on any atom is -0.494 e. The summed E-state index contributed by atoms with van der Waals surface area (Å²) in [6.45, 7) is 7.17. The van der Waals surface area contributed by atoms with E-state index < -0.39 is 0 Å². The maximum absolute atomic E-state index is 6.45. The van der Waals surface area contributed by atoms with Crippen LogP contribution >= 0.6 is 11.6 Å². The molecule has 7 nitrogen and oxygen atoms in total. The van der Waals surface area contributed by atoms with Crippen molar-refractivity contribution >= 4 is 17.4 Å². The Balaban J connectivity index is 1.97. The molecule has 2 N–H and O–H groups in total. The molecule has 3 rings (SSSR count). The average molecular weight is 416 g/mol. The Hall–Kier alpha value is -2.64. The summed E-state index contributed by atoms with van der Waals surface area (Å²) in [6.07, 6.45) is 0.926. The quantitative estimate of drug-likeness (QED) is 0.575. The van der Waals surface area contributed by atoms with Crippen molar-refractivity contribution in [3.05, 3.63) is 40.2 Å². The summed E-state index contributed by atoms with van der Waals surface area (Å²) in [7, 11) is 4.08. The van der Waals surface area contributed by atoms with Crippen molar-refractivity contribution < 1.29 is 9.26 Å². The first kappa shape index (κ1) is 21.1. The normalized spacial score (nSPS) is 11.3. The molecule has 29 heavy (non-hydrogen) atoms.